The molecule has 120 valence electrons. The van der Waals surface area contributed by atoms with E-state index in [4.69, 9.17) is 0 Å². The molecule has 2 unspecified atom stereocenters. The van der Waals surface area contributed by atoms with Gasteiger partial charge in [0, 0.05) is 19.1 Å². The van der Waals surface area contributed by atoms with Crippen molar-refractivity contribution in [3.63, 3.8) is 0 Å². The van der Waals surface area contributed by atoms with Gasteiger partial charge in [-0.3, -0.25) is 4.79 Å². The average molecular weight is 293 g/mol. The fraction of sp³-hybridized carbons (Fsp3) is 0.941. The molecule has 0 spiro atoms. The van der Waals surface area contributed by atoms with Gasteiger partial charge < -0.3 is 15.5 Å². The maximum Gasteiger partial charge on any atom is 0.237 e. The van der Waals surface area contributed by atoms with E-state index in [-0.39, 0.29) is 11.9 Å². The van der Waals surface area contributed by atoms with Crippen molar-refractivity contribution in [2.75, 3.05) is 26.2 Å². The van der Waals surface area contributed by atoms with Crippen LogP contribution in [0.4, 0.5) is 0 Å². The molecule has 1 saturated carbocycles. The third-order valence-electron chi connectivity index (χ3n) is 5.58. The molecule has 3 fully saturated rings. The van der Waals surface area contributed by atoms with Crippen LogP contribution in [0.15, 0.2) is 0 Å². The van der Waals surface area contributed by atoms with Crippen molar-refractivity contribution in [1.29, 1.82) is 0 Å². The zero-order valence-corrected chi connectivity index (χ0v) is 13.3. The van der Waals surface area contributed by atoms with Crippen molar-refractivity contribution < 1.29 is 4.79 Å². The van der Waals surface area contributed by atoms with Crippen LogP contribution >= 0.6 is 0 Å². The zero-order chi connectivity index (χ0) is 14.5. The molecule has 2 aliphatic heterocycles. The molecule has 4 nitrogen and oxygen atoms in total. The Bertz CT molecular complexity index is 335. The number of likely N-dealkylation sites (tertiary alicyclic amines) is 1. The Balaban J connectivity index is 1.41. The first-order chi connectivity index (χ1) is 10.3. The summed E-state index contributed by atoms with van der Waals surface area (Å²) >= 11 is 0. The lowest BCUT2D eigenvalue weighted by molar-refractivity contribution is -0.123. The van der Waals surface area contributed by atoms with Gasteiger partial charge in [0.2, 0.25) is 5.91 Å². The van der Waals surface area contributed by atoms with Gasteiger partial charge in [0.05, 0.1) is 6.04 Å². The first kappa shape index (κ1) is 15.3. The van der Waals surface area contributed by atoms with Crippen LogP contribution in [-0.2, 0) is 4.79 Å². The summed E-state index contributed by atoms with van der Waals surface area (Å²) in [5, 5.41) is 6.47. The summed E-state index contributed by atoms with van der Waals surface area (Å²) in [5.41, 5.74) is 0. The highest BCUT2D eigenvalue weighted by Crippen LogP contribution is 2.26. The van der Waals surface area contributed by atoms with Gasteiger partial charge in [-0.1, -0.05) is 19.3 Å². The Labute approximate surface area is 129 Å². The van der Waals surface area contributed by atoms with Crippen LogP contribution in [0.25, 0.3) is 0 Å². The lowest BCUT2D eigenvalue weighted by Gasteiger charge is -2.40. The van der Waals surface area contributed by atoms with Crippen molar-refractivity contribution in [2.24, 2.45) is 5.92 Å². The summed E-state index contributed by atoms with van der Waals surface area (Å²) in [6.07, 6.45) is 11.8. The zero-order valence-electron chi connectivity index (χ0n) is 13.3. The SMILES string of the molecule is O=C(NCC1CCCN(C2CCCCC2)C1)C1CCCN1. The highest BCUT2D eigenvalue weighted by atomic mass is 16.2. The molecule has 3 aliphatic rings. The minimum atomic E-state index is 0.0723. The van der Waals surface area contributed by atoms with Crippen molar-refractivity contribution in [2.45, 2.75) is 69.9 Å². The van der Waals surface area contributed by atoms with Crippen molar-refractivity contribution in [3.05, 3.63) is 0 Å². The third kappa shape index (κ3) is 4.19. The Hall–Kier alpha value is -0.610. The van der Waals surface area contributed by atoms with E-state index in [0.717, 1.165) is 32.0 Å². The van der Waals surface area contributed by atoms with E-state index < -0.39 is 0 Å². The Morgan fingerprint density at radius 1 is 1.05 bits per heavy atom. The van der Waals surface area contributed by atoms with Crippen molar-refractivity contribution in [1.82, 2.24) is 15.5 Å². The lowest BCUT2D eigenvalue weighted by Crippen LogP contribution is -2.48. The monoisotopic (exact) mass is 293 g/mol. The number of piperidine rings is 1. The largest absolute Gasteiger partial charge is 0.354 e. The van der Waals surface area contributed by atoms with Gasteiger partial charge in [0.25, 0.3) is 0 Å². The maximum atomic E-state index is 12.1. The predicted octanol–water partition coefficient (Wildman–Crippen LogP) is 1.90. The normalized spacial score (nSPS) is 32.2. The van der Waals surface area contributed by atoms with E-state index in [1.807, 2.05) is 0 Å². The molecule has 2 saturated heterocycles. The summed E-state index contributed by atoms with van der Waals surface area (Å²) in [5.74, 6) is 0.883. The molecule has 2 heterocycles. The minimum Gasteiger partial charge on any atom is -0.354 e. The highest BCUT2D eigenvalue weighted by Gasteiger charge is 2.28. The molecule has 1 amide bonds. The number of hydrogen-bond acceptors (Lipinski definition) is 3. The topological polar surface area (TPSA) is 44.4 Å². The number of amides is 1. The van der Waals surface area contributed by atoms with E-state index in [0.29, 0.717) is 5.92 Å². The summed E-state index contributed by atoms with van der Waals surface area (Å²) in [6.45, 7) is 4.35. The fourth-order valence-corrected chi connectivity index (χ4v) is 4.32. The number of nitrogens with zero attached hydrogens (tertiary/aromatic N) is 1. The fourth-order valence-electron chi connectivity index (χ4n) is 4.32. The Kier molecular flexibility index (Phi) is 5.53. The van der Waals surface area contributed by atoms with Crippen molar-refractivity contribution >= 4 is 5.91 Å². The maximum absolute atomic E-state index is 12.1. The van der Waals surface area contributed by atoms with Gasteiger partial charge >= 0.3 is 0 Å². The molecule has 0 radical (unpaired) electrons. The molecule has 0 aromatic rings. The quantitative estimate of drug-likeness (QED) is 0.832. The molecular formula is C17H31N3O. The standard InChI is InChI=1S/C17H31N3O/c21-17(16-9-4-10-18-16)19-12-14-6-5-11-20(13-14)15-7-2-1-3-8-15/h14-16,18H,1-13H2,(H,19,21). The van der Waals surface area contributed by atoms with E-state index in [2.05, 4.69) is 15.5 Å². The summed E-state index contributed by atoms with van der Waals surface area (Å²) in [6, 6.07) is 0.900. The second kappa shape index (κ2) is 7.59. The molecule has 0 bridgehead atoms. The first-order valence-corrected chi connectivity index (χ1v) is 9.08. The van der Waals surface area contributed by atoms with Crippen LogP contribution in [0.1, 0.15) is 57.8 Å². The van der Waals surface area contributed by atoms with E-state index >= 15 is 0 Å². The van der Waals surface area contributed by atoms with Crippen molar-refractivity contribution in [3.8, 4) is 0 Å². The third-order valence-corrected chi connectivity index (χ3v) is 5.58. The highest BCUT2D eigenvalue weighted by molar-refractivity contribution is 5.81. The molecule has 21 heavy (non-hydrogen) atoms. The van der Waals surface area contributed by atoms with E-state index in [1.165, 1.54) is 58.0 Å². The summed E-state index contributed by atoms with van der Waals surface area (Å²) < 4.78 is 0. The van der Waals surface area contributed by atoms with Gasteiger partial charge in [-0.15, -0.1) is 0 Å². The van der Waals surface area contributed by atoms with Crippen LogP contribution in [0.2, 0.25) is 0 Å². The second-order valence-electron chi connectivity index (χ2n) is 7.19. The van der Waals surface area contributed by atoms with E-state index in [9.17, 15) is 4.79 Å². The van der Waals surface area contributed by atoms with Crippen LogP contribution in [0.5, 0.6) is 0 Å². The van der Waals surface area contributed by atoms with Gasteiger partial charge in [-0.05, 0) is 57.5 Å². The number of hydrogen-bond donors (Lipinski definition) is 2. The number of carbonyl (C=O) groups is 1. The first-order valence-electron chi connectivity index (χ1n) is 9.08. The molecule has 0 aromatic carbocycles. The van der Waals surface area contributed by atoms with Crippen LogP contribution in [0.3, 0.4) is 0 Å². The summed E-state index contributed by atoms with van der Waals surface area (Å²) in [4.78, 5) is 14.8. The van der Waals surface area contributed by atoms with Gasteiger partial charge in [0.15, 0.2) is 0 Å². The molecule has 0 aromatic heterocycles. The average Bonchev–Trinajstić information content (AvgIpc) is 3.08. The number of carbonyl (C=O) groups excluding carboxylic acids is 1. The number of nitrogens with one attached hydrogen (secondary N) is 2. The molecule has 2 atom stereocenters. The smallest absolute Gasteiger partial charge is 0.237 e. The Morgan fingerprint density at radius 3 is 2.67 bits per heavy atom. The summed E-state index contributed by atoms with van der Waals surface area (Å²) in [7, 11) is 0. The molecular weight excluding hydrogens is 262 g/mol. The van der Waals surface area contributed by atoms with Crippen LogP contribution in [-0.4, -0.2) is 49.1 Å². The Morgan fingerprint density at radius 2 is 1.90 bits per heavy atom. The second-order valence-corrected chi connectivity index (χ2v) is 7.19. The van der Waals surface area contributed by atoms with Gasteiger partial charge in [-0.25, -0.2) is 0 Å². The van der Waals surface area contributed by atoms with Gasteiger partial charge in [-0.2, -0.15) is 0 Å². The number of rotatable bonds is 4. The van der Waals surface area contributed by atoms with Gasteiger partial charge in [0.1, 0.15) is 0 Å². The van der Waals surface area contributed by atoms with E-state index in [1.54, 1.807) is 0 Å². The predicted molar refractivity (Wildman–Crippen MR) is 85.2 cm³/mol. The molecule has 2 N–H and O–H groups in total. The molecule has 4 heteroatoms. The lowest BCUT2D eigenvalue weighted by atomic mass is 9.90. The molecule has 3 rings (SSSR count). The molecule has 1 aliphatic carbocycles. The van der Waals surface area contributed by atoms with Crippen LogP contribution < -0.4 is 10.6 Å². The van der Waals surface area contributed by atoms with Crippen LogP contribution in [0, 0.1) is 5.92 Å². The minimum absolute atomic E-state index is 0.0723.